The minimum Gasteiger partial charge on any atom is -0.484 e. The van der Waals surface area contributed by atoms with Crippen LogP contribution in [0.2, 0.25) is 0 Å². The van der Waals surface area contributed by atoms with E-state index in [-0.39, 0.29) is 19.1 Å². The number of esters is 1. The first-order valence-corrected chi connectivity index (χ1v) is 13.0. The lowest BCUT2D eigenvalue weighted by Crippen LogP contribution is -2.26. The Morgan fingerprint density at radius 3 is 2.26 bits per heavy atom. The van der Waals surface area contributed by atoms with Crippen LogP contribution >= 0.6 is 11.3 Å². The average molecular weight is 529 g/mol. The molecule has 2 amide bonds. The summed E-state index contributed by atoms with van der Waals surface area (Å²) in [5.41, 5.74) is 4.25. The summed E-state index contributed by atoms with van der Waals surface area (Å²) in [7, 11) is 1.71. The third-order valence-corrected chi connectivity index (χ3v) is 6.70. The van der Waals surface area contributed by atoms with E-state index in [9.17, 15) is 14.4 Å². The van der Waals surface area contributed by atoms with Gasteiger partial charge in [0, 0.05) is 29.2 Å². The third kappa shape index (κ3) is 6.27. The molecule has 0 aliphatic rings. The zero-order chi connectivity index (χ0) is 27.1. The summed E-state index contributed by atoms with van der Waals surface area (Å²) < 4.78 is 10.9. The Morgan fingerprint density at radius 2 is 1.61 bits per heavy atom. The predicted molar refractivity (Wildman–Crippen MR) is 150 cm³/mol. The van der Waals surface area contributed by atoms with Crippen molar-refractivity contribution >= 4 is 39.8 Å². The van der Waals surface area contributed by atoms with Gasteiger partial charge in [-0.1, -0.05) is 48.0 Å². The van der Waals surface area contributed by atoms with Crippen molar-refractivity contribution in [2.45, 2.75) is 13.8 Å². The lowest BCUT2D eigenvalue weighted by atomic mass is 10.0. The lowest BCUT2D eigenvalue weighted by molar-refractivity contribution is -0.118. The van der Waals surface area contributed by atoms with Crippen LogP contribution in [0.1, 0.15) is 33.2 Å². The molecule has 8 heteroatoms. The SMILES string of the molecule is CCOC(=O)c1c(-c2ccccc2)csc1NC(=O)COc1ccc(N(C)C(=O)c2ccc(C)cc2)cc1. The van der Waals surface area contributed by atoms with E-state index in [4.69, 9.17) is 9.47 Å². The molecule has 0 aliphatic heterocycles. The maximum Gasteiger partial charge on any atom is 0.341 e. The summed E-state index contributed by atoms with van der Waals surface area (Å²) in [6.07, 6.45) is 0. The van der Waals surface area contributed by atoms with Crippen molar-refractivity contribution in [1.82, 2.24) is 0 Å². The van der Waals surface area contributed by atoms with Crippen molar-refractivity contribution in [2.24, 2.45) is 0 Å². The number of benzene rings is 3. The Hall–Kier alpha value is -4.43. The molecular formula is C30H28N2O5S. The van der Waals surface area contributed by atoms with Gasteiger partial charge in [0.1, 0.15) is 16.3 Å². The maximum absolute atomic E-state index is 12.7. The summed E-state index contributed by atoms with van der Waals surface area (Å²) in [4.78, 5) is 39.7. The first kappa shape index (κ1) is 26.6. The highest BCUT2D eigenvalue weighted by Crippen LogP contribution is 2.36. The van der Waals surface area contributed by atoms with Gasteiger partial charge in [0.15, 0.2) is 6.61 Å². The van der Waals surface area contributed by atoms with E-state index in [1.54, 1.807) is 55.3 Å². The molecule has 0 aliphatic carbocycles. The molecule has 4 aromatic rings. The summed E-state index contributed by atoms with van der Waals surface area (Å²) in [5.74, 6) is -0.556. The molecule has 0 unspecified atom stereocenters. The summed E-state index contributed by atoms with van der Waals surface area (Å²) >= 11 is 1.26. The number of amides is 2. The molecule has 4 rings (SSSR count). The first-order valence-electron chi connectivity index (χ1n) is 12.1. The van der Waals surface area contributed by atoms with E-state index in [0.29, 0.717) is 33.1 Å². The Kier molecular flexibility index (Phi) is 8.55. The largest absolute Gasteiger partial charge is 0.484 e. The molecule has 0 radical (unpaired) electrons. The Bertz CT molecular complexity index is 1410. The standard InChI is InChI=1S/C30H28N2O5S/c1-4-36-30(35)27-25(21-8-6-5-7-9-21)19-38-28(27)31-26(33)18-37-24-16-14-23(15-17-24)32(3)29(34)22-12-10-20(2)11-13-22/h5-17,19H,4,18H2,1-3H3,(H,31,33). The van der Waals surface area contributed by atoms with Crippen LogP contribution in [0.3, 0.4) is 0 Å². The van der Waals surface area contributed by atoms with Gasteiger partial charge < -0.3 is 19.7 Å². The van der Waals surface area contributed by atoms with Gasteiger partial charge in [0.05, 0.1) is 6.61 Å². The van der Waals surface area contributed by atoms with E-state index in [0.717, 1.165) is 11.1 Å². The zero-order valence-electron chi connectivity index (χ0n) is 21.4. The second-order valence-electron chi connectivity index (χ2n) is 8.50. The van der Waals surface area contributed by atoms with Crippen molar-refractivity contribution in [3.05, 3.63) is 101 Å². The molecule has 0 fully saturated rings. The van der Waals surface area contributed by atoms with Crippen molar-refractivity contribution in [1.29, 1.82) is 0 Å². The van der Waals surface area contributed by atoms with Gasteiger partial charge in [-0.05, 0) is 55.8 Å². The Morgan fingerprint density at radius 1 is 0.921 bits per heavy atom. The monoisotopic (exact) mass is 528 g/mol. The molecule has 0 atom stereocenters. The van der Waals surface area contributed by atoms with Gasteiger partial charge in [-0.15, -0.1) is 11.3 Å². The number of aryl methyl sites for hydroxylation is 1. The number of rotatable bonds is 9. The van der Waals surface area contributed by atoms with Gasteiger partial charge in [-0.3, -0.25) is 9.59 Å². The molecule has 194 valence electrons. The number of nitrogens with one attached hydrogen (secondary N) is 1. The van der Waals surface area contributed by atoms with Crippen molar-refractivity contribution < 1.29 is 23.9 Å². The number of anilines is 2. The van der Waals surface area contributed by atoms with Crippen LogP contribution in [0.25, 0.3) is 11.1 Å². The van der Waals surface area contributed by atoms with Gasteiger partial charge >= 0.3 is 5.97 Å². The molecule has 0 saturated carbocycles. The maximum atomic E-state index is 12.7. The second kappa shape index (κ2) is 12.2. The van der Waals surface area contributed by atoms with Crippen molar-refractivity contribution in [3.8, 4) is 16.9 Å². The number of nitrogens with zero attached hydrogens (tertiary/aromatic N) is 1. The summed E-state index contributed by atoms with van der Waals surface area (Å²) in [5, 5.41) is 5.01. The van der Waals surface area contributed by atoms with Crippen LogP contribution in [0.15, 0.2) is 84.2 Å². The molecule has 0 bridgehead atoms. The van der Waals surface area contributed by atoms with Crippen LogP contribution < -0.4 is 15.0 Å². The molecule has 7 nitrogen and oxygen atoms in total. The number of carbonyl (C=O) groups is 3. The van der Waals surface area contributed by atoms with Crippen LogP contribution in [-0.2, 0) is 9.53 Å². The van der Waals surface area contributed by atoms with Gasteiger partial charge in [-0.25, -0.2) is 4.79 Å². The normalized spacial score (nSPS) is 10.5. The fourth-order valence-corrected chi connectivity index (χ4v) is 4.74. The molecule has 38 heavy (non-hydrogen) atoms. The smallest absolute Gasteiger partial charge is 0.341 e. The molecule has 1 heterocycles. The summed E-state index contributed by atoms with van der Waals surface area (Å²) in [6.45, 7) is 3.68. The summed E-state index contributed by atoms with van der Waals surface area (Å²) in [6, 6.07) is 23.8. The average Bonchev–Trinajstić information content (AvgIpc) is 3.36. The van der Waals surface area contributed by atoms with Crippen LogP contribution in [0.4, 0.5) is 10.7 Å². The quantitative estimate of drug-likeness (QED) is 0.262. The van der Waals surface area contributed by atoms with Gasteiger partial charge in [-0.2, -0.15) is 0 Å². The highest BCUT2D eigenvalue weighted by molar-refractivity contribution is 7.15. The topological polar surface area (TPSA) is 84.9 Å². The minimum atomic E-state index is -0.497. The number of ether oxygens (including phenoxy) is 2. The number of hydrogen-bond donors (Lipinski definition) is 1. The van der Waals surface area contributed by atoms with Gasteiger partial charge in [0.25, 0.3) is 11.8 Å². The zero-order valence-corrected chi connectivity index (χ0v) is 22.2. The van der Waals surface area contributed by atoms with E-state index >= 15 is 0 Å². The molecule has 0 spiro atoms. The number of thiophene rings is 1. The third-order valence-electron chi connectivity index (χ3n) is 5.81. The first-order chi connectivity index (χ1) is 18.4. The molecule has 1 N–H and O–H groups in total. The van der Waals surface area contributed by atoms with E-state index in [2.05, 4.69) is 5.32 Å². The molecule has 0 saturated heterocycles. The highest BCUT2D eigenvalue weighted by atomic mass is 32.1. The molecular weight excluding hydrogens is 500 g/mol. The van der Waals surface area contributed by atoms with Gasteiger partial charge in [0.2, 0.25) is 0 Å². The highest BCUT2D eigenvalue weighted by Gasteiger charge is 2.23. The predicted octanol–water partition coefficient (Wildman–Crippen LogP) is 6.19. The van der Waals surface area contributed by atoms with E-state index in [1.807, 2.05) is 54.8 Å². The lowest BCUT2D eigenvalue weighted by Gasteiger charge is -2.18. The van der Waals surface area contributed by atoms with Crippen LogP contribution in [0.5, 0.6) is 5.75 Å². The fourth-order valence-electron chi connectivity index (χ4n) is 3.77. The van der Waals surface area contributed by atoms with E-state index in [1.165, 1.54) is 11.3 Å². The number of hydrogen-bond acceptors (Lipinski definition) is 6. The van der Waals surface area contributed by atoms with Crippen LogP contribution in [0, 0.1) is 6.92 Å². The van der Waals surface area contributed by atoms with Crippen molar-refractivity contribution in [3.63, 3.8) is 0 Å². The number of carbonyl (C=O) groups excluding carboxylic acids is 3. The Labute approximate surface area is 225 Å². The van der Waals surface area contributed by atoms with Crippen LogP contribution in [-0.4, -0.2) is 38.0 Å². The second-order valence-corrected chi connectivity index (χ2v) is 9.38. The minimum absolute atomic E-state index is 0.124. The Balaban J connectivity index is 1.39. The van der Waals surface area contributed by atoms with E-state index < -0.39 is 11.9 Å². The van der Waals surface area contributed by atoms with Crippen molar-refractivity contribution in [2.75, 3.05) is 30.5 Å². The molecule has 1 aromatic heterocycles. The fraction of sp³-hybridized carbons (Fsp3) is 0.167. The molecule has 3 aromatic carbocycles.